The van der Waals surface area contributed by atoms with Gasteiger partial charge in [-0.25, -0.2) is 0 Å². The van der Waals surface area contributed by atoms with Crippen molar-refractivity contribution >= 4 is 23.2 Å². The molecule has 2 N–H and O–H groups in total. The maximum absolute atomic E-state index is 6.32. The zero-order chi connectivity index (χ0) is 14.0. The van der Waals surface area contributed by atoms with E-state index in [0.29, 0.717) is 10.0 Å². The molecule has 1 aromatic heterocycles. The summed E-state index contributed by atoms with van der Waals surface area (Å²) in [6.07, 6.45) is 0.772. The van der Waals surface area contributed by atoms with E-state index in [-0.39, 0.29) is 6.04 Å². The molecule has 1 aromatic carbocycles. The van der Waals surface area contributed by atoms with Crippen LogP contribution in [0.2, 0.25) is 10.0 Å². The van der Waals surface area contributed by atoms with Crippen LogP contribution in [0, 0.1) is 6.92 Å². The third kappa shape index (κ3) is 2.89. The fourth-order valence-corrected chi connectivity index (χ4v) is 2.43. The van der Waals surface area contributed by atoms with E-state index >= 15 is 0 Å². The van der Waals surface area contributed by atoms with Gasteiger partial charge in [-0.05, 0) is 36.6 Å². The van der Waals surface area contributed by atoms with Gasteiger partial charge in [-0.1, -0.05) is 42.3 Å². The molecule has 1 unspecified atom stereocenters. The number of aryl methyl sites for hydroxylation is 2. The van der Waals surface area contributed by atoms with E-state index in [2.05, 4.69) is 10.2 Å². The Balaban J connectivity index is 2.52. The van der Waals surface area contributed by atoms with Crippen molar-refractivity contribution in [1.29, 1.82) is 0 Å². The van der Waals surface area contributed by atoms with Crippen LogP contribution in [0.4, 0.5) is 0 Å². The number of rotatable bonds is 3. The number of halogens is 2. The van der Waals surface area contributed by atoms with Gasteiger partial charge >= 0.3 is 0 Å². The van der Waals surface area contributed by atoms with Crippen LogP contribution < -0.4 is 5.73 Å². The molecule has 0 aliphatic rings. The molecule has 5 heteroatoms. The van der Waals surface area contributed by atoms with Crippen LogP contribution in [0.15, 0.2) is 24.3 Å². The van der Waals surface area contributed by atoms with Crippen LogP contribution in [0.3, 0.4) is 0 Å². The van der Waals surface area contributed by atoms with Crippen molar-refractivity contribution in [3.8, 4) is 0 Å². The average molecular weight is 296 g/mol. The van der Waals surface area contributed by atoms with Gasteiger partial charge in [0.2, 0.25) is 0 Å². The van der Waals surface area contributed by atoms with E-state index in [9.17, 15) is 0 Å². The highest BCUT2D eigenvalue weighted by Crippen LogP contribution is 2.32. The van der Waals surface area contributed by atoms with Crippen LogP contribution in [-0.4, -0.2) is 10.2 Å². The fourth-order valence-electron chi connectivity index (χ4n) is 2.01. The lowest BCUT2D eigenvalue weighted by molar-refractivity contribution is 0.790. The predicted octanol–water partition coefficient (Wildman–Crippen LogP) is 3.70. The third-order valence-corrected chi connectivity index (χ3v) is 3.85. The SMILES string of the molecule is CCc1nnc(C)cc1C(N)c1cccc(Cl)c1Cl. The quantitative estimate of drug-likeness (QED) is 0.939. The highest BCUT2D eigenvalue weighted by atomic mass is 35.5. The normalized spacial score (nSPS) is 12.5. The standard InChI is InChI=1S/C14H15Cl2N3/c1-3-12-10(7-8(2)18-19-12)14(17)9-5-4-6-11(15)13(9)16/h4-7,14H,3,17H2,1-2H3. The molecule has 0 bridgehead atoms. The Labute approximate surface area is 122 Å². The highest BCUT2D eigenvalue weighted by molar-refractivity contribution is 6.42. The molecule has 0 saturated heterocycles. The Kier molecular flexibility index (Phi) is 4.40. The van der Waals surface area contributed by atoms with Crippen LogP contribution in [-0.2, 0) is 6.42 Å². The summed E-state index contributed by atoms with van der Waals surface area (Å²) < 4.78 is 0. The summed E-state index contributed by atoms with van der Waals surface area (Å²) in [5, 5.41) is 9.25. The molecule has 0 amide bonds. The minimum Gasteiger partial charge on any atom is -0.320 e. The summed E-state index contributed by atoms with van der Waals surface area (Å²) >= 11 is 12.3. The van der Waals surface area contributed by atoms with Crippen molar-refractivity contribution in [2.75, 3.05) is 0 Å². The molecule has 1 heterocycles. The average Bonchev–Trinajstić information content (AvgIpc) is 2.41. The van der Waals surface area contributed by atoms with Gasteiger partial charge in [0.15, 0.2) is 0 Å². The summed E-state index contributed by atoms with van der Waals surface area (Å²) in [7, 11) is 0. The highest BCUT2D eigenvalue weighted by Gasteiger charge is 2.18. The molecule has 2 rings (SSSR count). The summed E-state index contributed by atoms with van der Waals surface area (Å²) in [4.78, 5) is 0. The largest absolute Gasteiger partial charge is 0.320 e. The Morgan fingerprint density at radius 3 is 2.63 bits per heavy atom. The molecular formula is C14H15Cl2N3. The Bertz CT molecular complexity index is 599. The van der Waals surface area contributed by atoms with Gasteiger partial charge in [-0.3, -0.25) is 0 Å². The van der Waals surface area contributed by atoms with Crippen LogP contribution >= 0.6 is 23.2 Å². The molecule has 19 heavy (non-hydrogen) atoms. The first kappa shape index (κ1) is 14.3. The van der Waals surface area contributed by atoms with E-state index in [0.717, 1.165) is 28.9 Å². The van der Waals surface area contributed by atoms with Crippen LogP contribution in [0.5, 0.6) is 0 Å². The summed E-state index contributed by atoms with van der Waals surface area (Å²) in [5.74, 6) is 0. The molecular weight excluding hydrogens is 281 g/mol. The minimum absolute atomic E-state index is 0.352. The Hall–Kier alpha value is -1.16. The number of benzene rings is 1. The smallest absolute Gasteiger partial charge is 0.0679 e. The van der Waals surface area contributed by atoms with Crippen molar-refractivity contribution in [1.82, 2.24) is 10.2 Å². The van der Waals surface area contributed by atoms with Gasteiger partial charge in [-0.15, -0.1) is 0 Å². The third-order valence-electron chi connectivity index (χ3n) is 3.01. The minimum atomic E-state index is -0.352. The van der Waals surface area contributed by atoms with Crippen LogP contribution in [0.25, 0.3) is 0 Å². The molecule has 3 nitrogen and oxygen atoms in total. The second kappa shape index (κ2) is 5.87. The molecule has 0 saturated carbocycles. The second-order valence-corrected chi connectivity index (χ2v) is 5.15. The molecule has 0 aliphatic heterocycles. The van der Waals surface area contributed by atoms with Crippen molar-refractivity contribution in [2.24, 2.45) is 5.73 Å². The monoisotopic (exact) mass is 295 g/mol. The number of nitrogens with zero attached hydrogens (tertiary/aromatic N) is 2. The molecule has 0 aliphatic carbocycles. The van der Waals surface area contributed by atoms with Gasteiger partial charge in [0.05, 0.1) is 27.5 Å². The van der Waals surface area contributed by atoms with Gasteiger partial charge < -0.3 is 5.73 Å². The number of nitrogens with two attached hydrogens (primary N) is 1. The number of aromatic nitrogens is 2. The molecule has 0 fully saturated rings. The predicted molar refractivity (Wildman–Crippen MR) is 78.6 cm³/mol. The van der Waals surface area contributed by atoms with E-state index in [1.807, 2.05) is 32.0 Å². The molecule has 0 radical (unpaired) electrons. The molecule has 100 valence electrons. The lowest BCUT2D eigenvalue weighted by Crippen LogP contribution is -2.16. The zero-order valence-electron chi connectivity index (χ0n) is 10.8. The zero-order valence-corrected chi connectivity index (χ0v) is 12.3. The first-order chi connectivity index (χ1) is 9.04. The molecule has 0 spiro atoms. The molecule has 2 aromatic rings. The lowest BCUT2D eigenvalue weighted by Gasteiger charge is -2.17. The number of hydrogen-bond acceptors (Lipinski definition) is 3. The summed E-state index contributed by atoms with van der Waals surface area (Å²) in [6.45, 7) is 3.91. The maximum Gasteiger partial charge on any atom is 0.0679 e. The van der Waals surface area contributed by atoms with Gasteiger partial charge in [-0.2, -0.15) is 10.2 Å². The molecule has 1 atom stereocenters. The van der Waals surface area contributed by atoms with Crippen molar-refractivity contribution in [2.45, 2.75) is 26.3 Å². The summed E-state index contributed by atoms with van der Waals surface area (Å²) in [5.41, 5.74) is 9.78. The Morgan fingerprint density at radius 2 is 1.95 bits per heavy atom. The topological polar surface area (TPSA) is 51.8 Å². The lowest BCUT2D eigenvalue weighted by atomic mass is 9.97. The van der Waals surface area contributed by atoms with Crippen molar-refractivity contribution in [3.63, 3.8) is 0 Å². The van der Waals surface area contributed by atoms with E-state index < -0.39 is 0 Å². The number of hydrogen-bond donors (Lipinski definition) is 1. The van der Waals surface area contributed by atoms with Crippen LogP contribution in [0.1, 0.15) is 35.5 Å². The second-order valence-electron chi connectivity index (χ2n) is 4.36. The van der Waals surface area contributed by atoms with E-state index in [1.165, 1.54) is 0 Å². The maximum atomic E-state index is 6.32. The Morgan fingerprint density at radius 1 is 1.21 bits per heavy atom. The van der Waals surface area contributed by atoms with Crippen molar-refractivity contribution < 1.29 is 0 Å². The summed E-state index contributed by atoms with van der Waals surface area (Å²) in [6, 6.07) is 7.07. The van der Waals surface area contributed by atoms with Crippen molar-refractivity contribution in [3.05, 3.63) is 56.8 Å². The van der Waals surface area contributed by atoms with Gasteiger partial charge in [0, 0.05) is 0 Å². The van der Waals surface area contributed by atoms with E-state index in [1.54, 1.807) is 6.07 Å². The van der Waals surface area contributed by atoms with E-state index in [4.69, 9.17) is 28.9 Å². The van der Waals surface area contributed by atoms with Gasteiger partial charge in [0.25, 0.3) is 0 Å². The first-order valence-electron chi connectivity index (χ1n) is 6.07. The van der Waals surface area contributed by atoms with Gasteiger partial charge in [0.1, 0.15) is 0 Å². The fraction of sp³-hybridized carbons (Fsp3) is 0.286. The first-order valence-corrected chi connectivity index (χ1v) is 6.82.